The van der Waals surface area contributed by atoms with Crippen molar-refractivity contribution in [2.24, 2.45) is 0 Å². The molecule has 0 radical (unpaired) electrons. The number of halogens is 1. The van der Waals surface area contributed by atoms with Gasteiger partial charge in [-0.15, -0.1) is 11.8 Å². The Morgan fingerprint density at radius 1 is 1.18 bits per heavy atom. The number of nitrogens with zero attached hydrogens (tertiary/aromatic N) is 3. The molecule has 1 aliphatic rings. The number of thioether (sulfide) groups is 1. The molecule has 0 bridgehead atoms. The van der Waals surface area contributed by atoms with Crippen LogP contribution >= 0.6 is 23.1 Å². The lowest BCUT2D eigenvalue weighted by Crippen LogP contribution is -2.39. The number of aromatic nitrogens is 1. The van der Waals surface area contributed by atoms with E-state index in [9.17, 15) is 9.18 Å². The number of benzene rings is 2. The summed E-state index contributed by atoms with van der Waals surface area (Å²) in [5, 5.41) is 0.786. The molecule has 5 nitrogen and oxygen atoms in total. The normalized spacial score (nSPS) is 14.6. The smallest absolute Gasteiger partial charge is 0.228 e. The number of rotatable bonds is 10. The minimum absolute atomic E-state index is 0.118. The highest BCUT2D eigenvalue weighted by Gasteiger charge is 2.20. The molecule has 8 heteroatoms. The second-order valence-corrected chi connectivity index (χ2v) is 10.4. The van der Waals surface area contributed by atoms with Crippen LogP contribution in [0.1, 0.15) is 24.8 Å². The van der Waals surface area contributed by atoms with Gasteiger partial charge in [0.1, 0.15) is 5.82 Å². The Labute approximate surface area is 202 Å². The summed E-state index contributed by atoms with van der Waals surface area (Å²) < 4.78 is 19.6. The van der Waals surface area contributed by atoms with E-state index in [2.05, 4.69) is 24.0 Å². The van der Waals surface area contributed by atoms with Crippen LogP contribution in [-0.4, -0.2) is 60.9 Å². The zero-order valence-corrected chi connectivity index (χ0v) is 20.6. The third kappa shape index (κ3) is 6.99. The molecule has 1 aliphatic heterocycles. The fraction of sp³-hybridized carbons (Fsp3) is 0.440. The van der Waals surface area contributed by atoms with Crippen LogP contribution in [0.5, 0.6) is 0 Å². The van der Waals surface area contributed by atoms with Gasteiger partial charge in [-0.05, 0) is 67.5 Å². The van der Waals surface area contributed by atoms with E-state index in [4.69, 9.17) is 9.72 Å². The Morgan fingerprint density at radius 2 is 1.97 bits per heavy atom. The summed E-state index contributed by atoms with van der Waals surface area (Å²) in [6.07, 6.45) is 2.15. The van der Waals surface area contributed by atoms with Gasteiger partial charge in [-0.25, -0.2) is 9.37 Å². The number of thiazole rings is 1. The van der Waals surface area contributed by atoms with Gasteiger partial charge in [-0.1, -0.05) is 17.4 Å². The molecule has 1 amide bonds. The number of hydrogen-bond acceptors (Lipinski definition) is 6. The molecule has 1 saturated heterocycles. The van der Waals surface area contributed by atoms with Crippen LogP contribution in [0.2, 0.25) is 0 Å². The second-order valence-electron chi connectivity index (χ2n) is 8.23. The summed E-state index contributed by atoms with van der Waals surface area (Å²) in [4.78, 5) is 23.3. The highest BCUT2D eigenvalue weighted by molar-refractivity contribution is 7.99. The fourth-order valence-corrected chi connectivity index (χ4v) is 5.78. The lowest BCUT2D eigenvalue weighted by Gasteiger charge is -2.27. The average Bonchev–Trinajstić information content (AvgIpc) is 3.24. The van der Waals surface area contributed by atoms with Crippen LogP contribution in [0.15, 0.2) is 47.4 Å². The monoisotopic (exact) mass is 487 g/mol. The maximum atomic E-state index is 13.2. The Kier molecular flexibility index (Phi) is 8.72. The molecular formula is C25H30FN3O2S2. The predicted octanol–water partition coefficient (Wildman–Crippen LogP) is 5.37. The van der Waals surface area contributed by atoms with Crippen LogP contribution in [0.4, 0.5) is 9.52 Å². The van der Waals surface area contributed by atoms with E-state index in [0.29, 0.717) is 13.0 Å². The van der Waals surface area contributed by atoms with Crippen molar-refractivity contribution in [3.63, 3.8) is 0 Å². The molecule has 0 unspecified atom stereocenters. The highest BCUT2D eigenvalue weighted by Crippen LogP contribution is 2.30. The molecule has 33 heavy (non-hydrogen) atoms. The molecule has 0 aliphatic carbocycles. The molecule has 0 spiro atoms. The second kappa shape index (κ2) is 11.9. The van der Waals surface area contributed by atoms with Gasteiger partial charge in [-0.2, -0.15) is 0 Å². The van der Waals surface area contributed by atoms with Crippen LogP contribution in [-0.2, 0) is 9.53 Å². The SMILES string of the molecule is Cc1ccc2nc(N(CCCN3CCOCC3)C(=O)CCCSc3ccc(F)cc3)sc2c1. The standard InChI is InChI=1S/C25H30FN3O2S2/c1-19-5-10-22-23(18-19)33-25(27-22)29(12-3-11-28-13-15-31-16-14-28)24(30)4-2-17-32-21-8-6-20(26)7-9-21/h5-10,18H,2-4,11-17H2,1H3. The molecule has 4 rings (SSSR count). The van der Waals surface area contributed by atoms with E-state index >= 15 is 0 Å². The van der Waals surface area contributed by atoms with Crippen molar-refractivity contribution in [3.05, 3.63) is 53.8 Å². The van der Waals surface area contributed by atoms with Gasteiger partial charge in [-0.3, -0.25) is 14.6 Å². The topological polar surface area (TPSA) is 45.7 Å². The third-order valence-electron chi connectivity index (χ3n) is 5.64. The first-order chi connectivity index (χ1) is 16.1. The fourth-order valence-electron chi connectivity index (χ4n) is 3.82. The molecule has 0 N–H and O–H groups in total. The van der Waals surface area contributed by atoms with Crippen molar-refractivity contribution in [2.75, 3.05) is 50.0 Å². The molecule has 1 aromatic heterocycles. The molecule has 0 saturated carbocycles. The number of fused-ring (bicyclic) bond motifs is 1. The molecule has 0 atom stereocenters. The van der Waals surface area contributed by atoms with Gasteiger partial charge in [0.15, 0.2) is 5.13 Å². The van der Waals surface area contributed by atoms with Crippen molar-refractivity contribution in [3.8, 4) is 0 Å². The zero-order chi connectivity index (χ0) is 23.0. The maximum absolute atomic E-state index is 13.2. The summed E-state index contributed by atoms with van der Waals surface area (Å²) in [6.45, 7) is 7.17. The van der Waals surface area contributed by atoms with Crippen LogP contribution in [0, 0.1) is 12.7 Å². The molecular weight excluding hydrogens is 457 g/mol. The number of hydrogen-bond donors (Lipinski definition) is 0. The summed E-state index contributed by atoms with van der Waals surface area (Å²) in [5.74, 6) is 0.707. The van der Waals surface area contributed by atoms with Crippen molar-refractivity contribution in [1.29, 1.82) is 0 Å². The number of morpholine rings is 1. The molecule has 1 fully saturated rings. The Bertz CT molecular complexity index is 1050. The Hall–Kier alpha value is -2.00. The largest absolute Gasteiger partial charge is 0.379 e. The number of ether oxygens (including phenoxy) is 1. The lowest BCUT2D eigenvalue weighted by atomic mass is 10.2. The number of carbonyl (C=O) groups excluding carboxylic acids is 1. The van der Waals surface area contributed by atoms with Gasteiger partial charge < -0.3 is 4.74 Å². The summed E-state index contributed by atoms with van der Waals surface area (Å²) in [6, 6.07) is 12.7. The lowest BCUT2D eigenvalue weighted by molar-refractivity contribution is -0.118. The van der Waals surface area contributed by atoms with E-state index in [1.807, 2.05) is 11.0 Å². The average molecular weight is 488 g/mol. The molecule has 2 aromatic carbocycles. The Morgan fingerprint density at radius 3 is 2.76 bits per heavy atom. The summed E-state index contributed by atoms with van der Waals surface area (Å²) in [7, 11) is 0. The molecule has 176 valence electrons. The van der Waals surface area contributed by atoms with Gasteiger partial charge >= 0.3 is 0 Å². The number of amides is 1. The summed E-state index contributed by atoms with van der Waals surface area (Å²) >= 11 is 3.24. The van der Waals surface area contributed by atoms with Crippen LogP contribution in [0.25, 0.3) is 10.2 Å². The van der Waals surface area contributed by atoms with E-state index in [1.165, 1.54) is 17.7 Å². The quantitative estimate of drug-likeness (QED) is 0.284. The molecule has 2 heterocycles. The molecule has 3 aromatic rings. The minimum atomic E-state index is -0.228. The van der Waals surface area contributed by atoms with E-state index in [1.54, 1.807) is 35.2 Å². The maximum Gasteiger partial charge on any atom is 0.228 e. The van der Waals surface area contributed by atoms with Gasteiger partial charge in [0, 0.05) is 37.5 Å². The van der Waals surface area contributed by atoms with Crippen molar-refractivity contribution >= 4 is 44.4 Å². The van der Waals surface area contributed by atoms with Crippen LogP contribution < -0.4 is 4.90 Å². The van der Waals surface area contributed by atoms with E-state index in [0.717, 1.165) is 71.7 Å². The van der Waals surface area contributed by atoms with Crippen molar-refractivity contribution in [2.45, 2.75) is 31.1 Å². The third-order valence-corrected chi connectivity index (χ3v) is 7.78. The van der Waals surface area contributed by atoms with Gasteiger partial charge in [0.05, 0.1) is 23.4 Å². The zero-order valence-electron chi connectivity index (χ0n) is 19.0. The van der Waals surface area contributed by atoms with Crippen LogP contribution in [0.3, 0.4) is 0 Å². The van der Waals surface area contributed by atoms with Crippen molar-refractivity contribution < 1.29 is 13.9 Å². The van der Waals surface area contributed by atoms with Gasteiger partial charge in [0.2, 0.25) is 5.91 Å². The predicted molar refractivity (Wildman–Crippen MR) is 135 cm³/mol. The van der Waals surface area contributed by atoms with Gasteiger partial charge in [0.25, 0.3) is 0 Å². The first kappa shape index (κ1) is 24.1. The van der Waals surface area contributed by atoms with E-state index in [-0.39, 0.29) is 11.7 Å². The summed E-state index contributed by atoms with van der Waals surface area (Å²) in [5.41, 5.74) is 2.14. The first-order valence-electron chi connectivity index (χ1n) is 11.4. The Balaban J connectivity index is 1.36. The van der Waals surface area contributed by atoms with E-state index < -0.39 is 0 Å². The number of anilines is 1. The number of carbonyl (C=O) groups is 1. The minimum Gasteiger partial charge on any atom is -0.379 e. The highest BCUT2D eigenvalue weighted by atomic mass is 32.2. The number of aryl methyl sites for hydroxylation is 1. The van der Waals surface area contributed by atoms with Crippen molar-refractivity contribution in [1.82, 2.24) is 9.88 Å². The first-order valence-corrected chi connectivity index (χ1v) is 13.2.